The number of benzene rings is 2. The Morgan fingerprint density at radius 1 is 1.07 bits per heavy atom. The summed E-state index contributed by atoms with van der Waals surface area (Å²) in [5.74, 6) is -2.84. The van der Waals surface area contributed by atoms with Gasteiger partial charge in [0.15, 0.2) is 22.3 Å². The minimum absolute atomic E-state index is 0.00232. The number of nitrogens with zero attached hydrogens (tertiary/aromatic N) is 2. The topological polar surface area (TPSA) is 92.5 Å². The van der Waals surface area contributed by atoms with E-state index in [-0.39, 0.29) is 27.7 Å². The number of halogens is 2. The van der Waals surface area contributed by atoms with E-state index in [2.05, 4.69) is 10.5 Å². The SMILES string of the molecule is Cc1ccc(N(CC(=O)Nc2ccc(F)c(F)c2)S(=O)(=O)c2c(C)noc2C)cc1. The Morgan fingerprint density at radius 2 is 1.73 bits per heavy atom. The van der Waals surface area contributed by atoms with Gasteiger partial charge in [-0.3, -0.25) is 9.10 Å². The Labute approximate surface area is 172 Å². The summed E-state index contributed by atoms with van der Waals surface area (Å²) in [5.41, 5.74) is 1.31. The molecule has 158 valence electrons. The summed E-state index contributed by atoms with van der Waals surface area (Å²) in [4.78, 5) is 12.4. The summed E-state index contributed by atoms with van der Waals surface area (Å²) < 4.78 is 59.1. The van der Waals surface area contributed by atoms with Gasteiger partial charge in [-0.15, -0.1) is 0 Å². The molecule has 10 heteroatoms. The summed E-state index contributed by atoms with van der Waals surface area (Å²) in [6.45, 7) is 4.18. The van der Waals surface area contributed by atoms with Gasteiger partial charge in [0.1, 0.15) is 12.2 Å². The lowest BCUT2D eigenvalue weighted by molar-refractivity contribution is -0.114. The number of anilines is 2. The quantitative estimate of drug-likeness (QED) is 0.637. The zero-order valence-corrected chi connectivity index (χ0v) is 17.3. The minimum Gasteiger partial charge on any atom is -0.360 e. The number of carbonyl (C=O) groups excluding carboxylic acids is 1. The molecule has 3 rings (SSSR count). The highest BCUT2D eigenvalue weighted by Crippen LogP contribution is 2.28. The lowest BCUT2D eigenvalue weighted by Gasteiger charge is -2.24. The van der Waals surface area contributed by atoms with Crippen LogP contribution in [0.2, 0.25) is 0 Å². The van der Waals surface area contributed by atoms with Crippen LogP contribution >= 0.6 is 0 Å². The van der Waals surface area contributed by atoms with Crippen LogP contribution in [0.15, 0.2) is 51.9 Å². The highest BCUT2D eigenvalue weighted by atomic mass is 32.2. The average molecular weight is 435 g/mol. The Kier molecular flexibility index (Phi) is 5.88. The molecule has 0 atom stereocenters. The molecular weight excluding hydrogens is 416 g/mol. The average Bonchev–Trinajstić information content (AvgIpc) is 3.02. The number of amides is 1. The number of carbonyl (C=O) groups is 1. The van der Waals surface area contributed by atoms with E-state index in [9.17, 15) is 22.0 Å². The number of aromatic nitrogens is 1. The second-order valence-corrected chi connectivity index (χ2v) is 8.48. The molecule has 30 heavy (non-hydrogen) atoms. The molecule has 1 heterocycles. The van der Waals surface area contributed by atoms with Crippen molar-refractivity contribution in [2.75, 3.05) is 16.2 Å². The molecule has 1 N–H and O–H groups in total. The molecule has 0 unspecified atom stereocenters. The van der Waals surface area contributed by atoms with E-state index < -0.39 is 34.1 Å². The van der Waals surface area contributed by atoms with Gasteiger partial charge >= 0.3 is 0 Å². The van der Waals surface area contributed by atoms with Crippen molar-refractivity contribution < 1.29 is 26.5 Å². The minimum atomic E-state index is -4.21. The van der Waals surface area contributed by atoms with Crippen LogP contribution in [0.3, 0.4) is 0 Å². The molecule has 1 amide bonds. The highest BCUT2D eigenvalue weighted by molar-refractivity contribution is 7.93. The van der Waals surface area contributed by atoms with E-state index >= 15 is 0 Å². The van der Waals surface area contributed by atoms with Crippen LogP contribution < -0.4 is 9.62 Å². The first-order valence-corrected chi connectivity index (χ1v) is 10.3. The van der Waals surface area contributed by atoms with Gasteiger partial charge in [0.2, 0.25) is 5.91 Å². The maximum Gasteiger partial charge on any atom is 0.270 e. The van der Waals surface area contributed by atoms with Crippen molar-refractivity contribution in [2.24, 2.45) is 0 Å². The molecular formula is C20H19F2N3O4S. The molecule has 0 spiro atoms. The van der Waals surface area contributed by atoms with Gasteiger partial charge in [-0.1, -0.05) is 22.9 Å². The van der Waals surface area contributed by atoms with Gasteiger partial charge in [-0.2, -0.15) is 0 Å². The standard InChI is InChI=1S/C20H19F2N3O4S/c1-12-4-7-16(8-5-12)25(30(27,28)20-13(2)24-29-14(20)3)11-19(26)23-15-6-9-17(21)18(22)10-15/h4-10H,11H2,1-3H3,(H,23,26). The van der Waals surface area contributed by atoms with Crippen LogP contribution in [0.5, 0.6) is 0 Å². The zero-order chi connectivity index (χ0) is 22.1. The summed E-state index contributed by atoms with van der Waals surface area (Å²) in [7, 11) is -4.21. The first kappa shape index (κ1) is 21.4. The number of aryl methyl sites for hydroxylation is 3. The lowest BCUT2D eigenvalue weighted by atomic mass is 10.2. The lowest BCUT2D eigenvalue weighted by Crippen LogP contribution is -2.38. The normalized spacial score (nSPS) is 11.4. The van der Waals surface area contributed by atoms with Crippen molar-refractivity contribution in [3.05, 3.63) is 71.1 Å². The molecule has 0 aliphatic rings. The van der Waals surface area contributed by atoms with Gasteiger partial charge in [0, 0.05) is 11.8 Å². The Hall–Kier alpha value is -3.27. The number of hydrogen-bond donors (Lipinski definition) is 1. The fraction of sp³-hybridized carbons (Fsp3) is 0.200. The van der Waals surface area contributed by atoms with Crippen molar-refractivity contribution in [2.45, 2.75) is 25.7 Å². The van der Waals surface area contributed by atoms with Crippen molar-refractivity contribution in [1.82, 2.24) is 5.16 Å². The predicted molar refractivity (Wildman–Crippen MR) is 107 cm³/mol. The van der Waals surface area contributed by atoms with Crippen LogP contribution in [0, 0.1) is 32.4 Å². The monoisotopic (exact) mass is 435 g/mol. The molecule has 7 nitrogen and oxygen atoms in total. The van der Waals surface area contributed by atoms with Crippen molar-refractivity contribution in [3.63, 3.8) is 0 Å². The summed E-state index contributed by atoms with van der Waals surface area (Å²) >= 11 is 0. The van der Waals surface area contributed by atoms with Crippen LogP contribution in [-0.2, 0) is 14.8 Å². The summed E-state index contributed by atoms with van der Waals surface area (Å²) in [6.07, 6.45) is 0. The fourth-order valence-electron chi connectivity index (χ4n) is 2.88. The Balaban J connectivity index is 1.96. The van der Waals surface area contributed by atoms with E-state index in [0.29, 0.717) is 0 Å². The number of nitrogens with one attached hydrogen (secondary N) is 1. The van der Waals surface area contributed by atoms with E-state index in [0.717, 1.165) is 22.0 Å². The van der Waals surface area contributed by atoms with Gasteiger partial charge < -0.3 is 9.84 Å². The van der Waals surface area contributed by atoms with E-state index in [1.807, 2.05) is 6.92 Å². The second-order valence-electron chi connectivity index (χ2n) is 6.68. The van der Waals surface area contributed by atoms with Gasteiger partial charge in [0.05, 0.1) is 5.69 Å². The molecule has 0 fully saturated rings. The molecule has 1 aromatic heterocycles. The number of sulfonamides is 1. The van der Waals surface area contributed by atoms with E-state index in [1.54, 1.807) is 24.3 Å². The third-order valence-corrected chi connectivity index (χ3v) is 6.35. The second kappa shape index (κ2) is 8.23. The predicted octanol–water partition coefficient (Wildman–Crippen LogP) is 3.71. The molecule has 3 aromatic rings. The van der Waals surface area contributed by atoms with Gasteiger partial charge in [-0.05, 0) is 45.0 Å². The van der Waals surface area contributed by atoms with Gasteiger partial charge in [-0.25, -0.2) is 17.2 Å². The Bertz CT molecular complexity index is 1170. The molecule has 0 saturated carbocycles. The molecule has 0 aliphatic heterocycles. The fourth-order valence-corrected chi connectivity index (χ4v) is 4.60. The van der Waals surface area contributed by atoms with Crippen molar-refractivity contribution in [1.29, 1.82) is 0 Å². The van der Waals surface area contributed by atoms with E-state index in [4.69, 9.17) is 4.52 Å². The third-order valence-electron chi connectivity index (χ3n) is 4.33. The maximum absolute atomic E-state index is 13.4. The van der Waals surface area contributed by atoms with Crippen LogP contribution in [0.1, 0.15) is 17.0 Å². The van der Waals surface area contributed by atoms with Crippen molar-refractivity contribution >= 4 is 27.3 Å². The first-order valence-electron chi connectivity index (χ1n) is 8.87. The van der Waals surface area contributed by atoms with Crippen LogP contribution in [0.25, 0.3) is 0 Å². The number of rotatable bonds is 6. The van der Waals surface area contributed by atoms with Crippen LogP contribution in [0.4, 0.5) is 20.2 Å². The zero-order valence-electron chi connectivity index (χ0n) is 16.4. The molecule has 0 aliphatic carbocycles. The van der Waals surface area contributed by atoms with Crippen LogP contribution in [-0.4, -0.2) is 26.0 Å². The first-order chi connectivity index (χ1) is 14.1. The highest BCUT2D eigenvalue weighted by Gasteiger charge is 2.32. The Morgan fingerprint density at radius 3 is 2.30 bits per heavy atom. The third kappa shape index (κ3) is 4.33. The van der Waals surface area contributed by atoms with Gasteiger partial charge in [0.25, 0.3) is 10.0 Å². The molecule has 0 saturated heterocycles. The summed E-state index contributed by atoms with van der Waals surface area (Å²) in [6, 6.07) is 9.40. The largest absolute Gasteiger partial charge is 0.360 e. The van der Waals surface area contributed by atoms with E-state index in [1.165, 1.54) is 19.9 Å². The molecule has 0 radical (unpaired) electrons. The molecule has 2 aromatic carbocycles. The summed E-state index contributed by atoms with van der Waals surface area (Å²) in [5, 5.41) is 6.06. The number of hydrogen-bond acceptors (Lipinski definition) is 5. The molecule has 0 bridgehead atoms. The smallest absolute Gasteiger partial charge is 0.270 e. The van der Waals surface area contributed by atoms with Crippen molar-refractivity contribution in [3.8, 4) is 0 Å². The maximum atomic E-state index is 13.4.